The number of nitrogens with one attached hydrogen (secondary N) is 1. The molecule has 0 spiro atoms. The molecule has 0 unspecified atom stereocenters. The van der Waals surface area contributed by atoms with E-state index in [1.165, 1.54) is 34.9 Å². The van der Waals surface area contributed by atoms with Crippen molar-refractivity contribution in [2.75, 3.05) is 38.7 Å². The Morgan fingerprint density at radius 3 is 2.62 bits per heavy atom. The van der Waals surface area contributed by atoms with E-state index in [-0.39, 0.29) is 10.8 Å². The van der Waals surface area contributed by atoms with Crippen molar-refractivity contribution in [1.82, 2.24) is 4.31 Å². The number of carbonyl (C=O) groups excluding carboxylic acids is 1. The predicted octanol–water partition coefficient (Wildman–Crippen LogP) is 3.18. The largest absolute Gasteiger partial charge is 0.495 e. The van der Waals surface area contributed by atoms with Gasteiger partial charge in [0.05, 0.1) is 35.8 Å². The van der Waals surface area contributed by atoms with Crippen molar-refractivity contribution in [3.63, 3.8) is 0 Å². The van der Waals surface area contributed by atoms with Crippen LogP contribution >= 0.6 is 11.3 Å². The van der Waals surface area contributed by atoms with Gasteiger partial charge in [0.1, 0.15) is 5.75 Å². The molecule has 1 fully saturated rings. The number of morpholine rings is 1. The summed E-state index contributed by atoms with van der Waals surface area (Å²) >= 11 is 1.38. The van der Waals surface area contributed by atoms with Gasteiger partial charge in [-0.25, -0.2) is 8.42 Å². The number of sulfonamides is 1. The van der Waals surface area contributed by atoms with Crippen LogP contribution in [0.4, 0.5) is 5.69 Å². The zero-order chi connectivity index (χ0) is 20.4. The van der Waals surface area contributed by atoms with Gasteiger partial charge < -0.3 is 14.8 Å². The van der Waals surface area contributed by atoms with E-state index in [2.05, 4.69) is 5.32 Å². The molecule has 3 aromatic rings. The van der Waals surface area contributed by atoms with Crippen LogP contribution in [0.5, 0.6) is 5.75 Å². The van der Waals surface area contributed by atoms with Gasteiger partial charge in [0.2, 0.25) is 10.0 Å². The minimum absolute atomic E-state index is 0.104. The molecule has 1 amide bonds. The Morgan fingerprint density at radius 1 is 1.14 bits per heavy atom. The number of fused-ring (bicyclic) bond motifs is 1. The molecule has 1 aromatic heterocycles. The smallest absolute Gasteiger partial charge is 0.265 e. The predicted molar refractivity (Wildman–Crippen MR) is 112 cm³/mol. The highest BCUT2D eigenvalue weighted by molar-refractivity contribution is 7.89. The van der Waals surface area contributed by atoms with E-state index < -0.39 is 10.0 Å². The Labute approximate surface area is 172 Å². The number of anilines is 1. The van der Waals surface area contributed by atoms with Gasteiger partial charge in [0.25, 0.3) is 5.91 Å². The zero-order valence-electron chi connectivity index (χ0n) is 15.8. The second-order valence-electron chi connectivity index (χ2n) is 6.48. The molecule has 9 heteroatoms. The molecule has 29 heavy (non-hydrogen) atoms. The van der Waals surface area contributed by atoms with E-state index in [0.29, 0.717) is 42.6 Å². The number of thiophene rings is 1. The number of hydrogen-bond acceptors (Lipinski definition) is 6. The summed E-state index contributed by atoms with van der Waals surface area (Å²) in [5.41, 5.74) is 0.310. The van der Waals surface area contributed by atoms with Crippen LogP contribution in [0.1, 0.15) is 9.67 Å². The highest BCUT2D eigenvalue weighted by atomic mass is 32.2. The molecule has 2 aromatic carbocycles. The van der Waals surface area contributed by atoms with Crippen LogP contribution in [0.3, 0.4) is 0 Å². The lowest BCUT2D eigenvalue weighted by molar-refractivity contribution is 0.0730. The van der Waals surface area contributed by atoms with Gasteiger partial charge in [-0.05, 0) is 35.7 Å². The number of carbonyl (C=O) groups is 1. The third kappa shape index (κ3) is 3.99. The highest BCUT2D eigenvalue weighted by Gasteiger charge is 2.27. The van der Waals surface area contributed by atoms with E-state index in [9.17, 15) is 13.2 Å². The van der Waals surface area contributed by atoms with Gasteiger partial charge >= 0.3 is 0 Å². The standard InChI is InChI=1S/C20H20N2O5S2/c1-26-17-7-6-15(29(24,25)22-8-10-27-11-9-22)13-16(17)21-20(23)19-12-14-4-2-3-5-18(14)28-19/h2-7,12-13H,8-11H2,1H3,(H,21,23). The van der Waals surface area contributed by atoms with E-state index in [4.69, 9.17) is 9.47 Å². The molecule has 0 saturated carbocycles. The van der Waals surface area contributed by atoms with Crippen molar-refractivity contribution in [1.29, 1.82) is 0 Å². The summed E-state index contributed by atoms with van der Waals surface area (Å²) in [7, 11) is -2.21. The minimum atomic E-state index is -3.68. The molecule has 4 rings (SSSR count). The van der Waals surface area contributed by atoms with Crippen molar-refractivity contribution < 1.29 is 22.7 Å². The summed E-state index contributed by atoms with van der Waals surface area (Å²) in [4.78, 5) is 13.4. The lowest BCUT2D eigenvalue weighted by Crippen LogP contribution is -2.40. The summed E-state index contributed by atoms with van der Waals surface area (Å²) in [6.45, 7) is 1.34. The lowest BCUT2D eigenvalue weighted by atomic mass is 10.2. The Balaban J connectivity index is 1.63. The second-order valence-corrected chi connectivity index (χ2v) is 9.50. The van der Waals surface area contributed by atoms with Crippen LogP contribution in [-0.4, -0.2) is 52.0 Å². The number of ether oxygens (including phenoxy) is 2. The first-order valence-corrected chi connectivity index (χ1v) is 11.3. The van der Waals surface area contributed by atoms with Crippen molar-refractivity contribution in [3.8, 4) is 5.75 Å². The molecule has 1 saturated heterocycles. The molecule has 1 aliphatic heterocycles. The number of amides is 1. The number of rotatable bonds is 5. The maximum Gasteiger partial charge on any atom is 0.265 e. The van der Waals surface area contributed by atoms with Crippen molar-refractivity contribution in [2.24, 2.45) is 0 Å². The summed E-state index contributed by atoms with van der Waals surface area (Å²) < 4.78 is 38.8. The number of nitrogens with zero attached hydrogens (tertiary/aromatic N) is 1. The monoisotopic (exact) mass is 432 g/mol. The third-order valence-corrected chi connectivity index (χ3v) is 7.69. The summed E-state index contributed by atoms with van der Waals surface area (Å²) in [6, 6.07) is 14.0. The van der Waals surface area contributed by atoms with E-state index in [1.807, 2.05) is 30.3 Å². The van der Waals surface area contributed by atoms with E-state index >= 15 is 0 Å². The number of methoxy groups -OCH3 is 1. The molecule has 0 atom stereocenters. The fourth-order valence-corrected chi connectivity index (χ4v) is 5.55. The molecule has 7 nitrogen and oxygen atoms in total. The molecule has 1 aliphatic rings. The van der Waals surface area contributed by atoms with Crippen molar-refractivity contribution in [3.05, 3.63) is 53.4 Å². The first-order chi connectivity index (χ1) is 14.0. The minimum Gasteiger partial charge on any atom is -0.495 e. The Bertz CT molecular complexity index is 1120. The Hall–Kier alpha value is -2.46. The van der Waals surface area contributed by atoms with Crippen LogP contribution < -0.4 is 10.1 Å². The van der Waals surface area contributed by atoms with Crippen molar-refractivity contribution in [2.45, 2.75) is 4.90 Å². The first kappa shape index (κ1) is 19.8. The number of hydrogen-bond donors (Lipinski definition) is 1. The van der Waals surface area contributed by atoms with Crippen LogP contribution in [-0.2, 0) is 14.8 Å². The van der Waals surface area contributed by atoms with Gasteiger partial charge in [0.15, 0.2) is 0 Å². The van der Waals surface area contributed by atoms with Gasteiger partial charge in [0, 0.05) is 17.8 Å². The molecule has 0 bridgehead atoms. The summed E-state index contributed by atoms with van der Waals surface area (Å²) in [5, 5.41) is 3.78. The summed E-state index contributed by atoms with van der Waals surface area (Å²) in [6.07, 6.45) is 0. The highest BCUT2D eigenvalue weighted by Crippen LogP contribution is 2.31. The maximum absolute atomic E-state index is 12.9. The van der Waals surface area contributed by atoms with E-state index in [0.717, 1.165) is 10.1 Å². The normalized spacial score (nSPS) is 15.3. The molecule has 2 heterocycles. The van der Waals surface area contributed by atoms with Crippen LogP contribution in [0, 0.1) is 0 Å². The Morgan fingerprint density at radius 2 is 1.90 bits per heavy atom. The number of benzene rings is 2. The van der Waals surface area contributed by atoms with Crippen LogP contribution in [0.2, 0.25) is 0 Å². The fourth-order valence-electron chi connectivity index (χ4n) is 3.16. The average Bonchev–Trinajstić information content (AvgIpc) is 3.19. The van der Waals surface area contributed by atoms with Crippen LogP contribution in [0.25, 0.3) is 10.1 Å². The molecular weight excluding hydrogens is 412 g/mol. The molecule has 0 aliphatic carbocycles. The maximum atomic E-state index is 12.9. The van der Waals surface area contributed by atoms with Gasteiger partial charge in [-0.1, -0.05) is 18.2 Å². The van der Waals surface area contributed by atoms with Crippen molar-refractivity contribution >= 4 is 43.0 Å². The third-order valence-electron chi connectivity index (χ3n) is 4.68. The zero-order valence-corrected chi connectivity index (χ0v) is 17.4. The molecule has 152 valence electrons. The summed E-state index contributed by atoms with van der Waals surface area (Å²) in [5.74, 6) is 0.0748. The van der Waals surface area contributed by atoms with Crippen LogP contribution in [0.15, 0.2) is 53.4 Å². The average molecular weight is 433 g/mol. The van der Waals surface area contributed by atoms with Gasteiger partial charge in [-0.3, -0.25) is 4.79 Å². The van der Waals surface area contributed by atoms with Gasteiger partial charge in [-0.2, -0.15) is 4.31 Å². The lowest BCUT2D eigenvalue weighted by Gasteiger charge is -2.26. The first-order valence-electron chi connectivity index (χ1n) is 9.05. The molecule has 1 N–H and O–H groups in total. The van der Waals surface area contributed by atoms with Gasteiger partial charge in [-0.15, -0.1) is 11.3 Å². The topological polar surface area (TPSA) is 84.9 Å². The van der Waals surface area contributed by atoms with E-state index in [1.54, 1.807) is 6.07 Å². The SMILES string of the molecule is COc1ccc(S(=O)(=O)N2CCOCC2)cc1NC(=O)c1cc2ccccc2s1. The Kier molecular flexibility index (Phi) is 5.55. The second kappa shape index (κ2) is 8.11. The molecule has 0 radical (unpaired) electrons. The fraction of sp³-hybridized carbons (Fsp3) is 0.250. The quantitative estimate of drug-likeness (QED) is 0.669. The molecular formula is C20H20N2O5S2.